The molecule has 1 aliphatic carbocycles. The van der Waals surface area contributed by atoms with Gasteiger partial charge in [-0.05, 0) is 36.7 Å². The lowest BCUT2D eigenvalue weighted by Gasteiger charge is -2.18. The molecule has 1 fully saturated rings. The molecule has 0 heterocycles. The van der Waals surface area contributed by atoms with E-state index in [0.29, 0.717) is 5.41 Å². The summed E-state index contributed by atoms with van der Waals surface area (Å²) in [6.07, 6.45) is 6.21. The van der Waals surface area contributed by atoms with Crippen molar-refractivity contribution in [1.29, 1.82) is 0 Å². The van der Waals surface area contributed by atoms with Crippen molar-refractivity contribution in [2.75, 3.05) is 20.1 Å². The quantitative estimate of drug-likeness (QED) is 0.317. The summed E-state index contributed by atoms with van der Waals surface area (Å²) in [6.45, 7) is 4.23. The molecule has 2 rings (SSSR count). The minimum atomic E-state index is 0. The Morgan fingerprint density at radius 1 is 1.19 bits per heavy atom. The smallest absolute Gasteiger partial charge is 0.190 e. The van der Waals surface area contributed by atoms with E-state index in [1.165, 1.54) is 37.7 Å². The Bertz CT molecular complexity index is 427. The third kappa shape index (κ3) is 6.24. The molecule has 4 heteroatoms. The molecule has 0 amide bonds. The molecular weight excluding hydrogens is 373 g/mol. The molecule has 0 aliphatic heterocycles. The number of nitrogens with zero attached hydrogens (tertiary/aromatic N) is 1. The van der Waals surface area contributed by atoms with Gasteiger partial charge in [-0.2, -0.15) is 0 Å². The molecule has 21 heavy (non-hydrogen) atoms. The van der Waals surface area contributed by atoms with E-state index in [4.69, 9.17) is 0 Å². The maximum atomic E-state index is 4.29. The lowest BCUT2D eigenvalue weighted by molar-refractivity contribution is 0.492. The number of benzene rings is 1. The van der Waals surface area contributed by atoms with Crippen LogP contribution in [0.1, 0.15) is 38.2 Å². The van der Waals surface area contributed by atoms with Crippen LogP contribution in [0, 0.1) is 5.41 Å². The fraction of sp³-hybridized carbons (Fsp3) is 0.588. The molecule has 1 aromatic carbocycles. The second-order valence-electron chi connectivity index (χ2n) is 5.87. The molecule has 0 unspecified atom stereocenters. The minimum absolute atomic E-state index is 0. The van der Waals surface area contributed by atoms with E-state index in [9.17, 15) is 0 Å². The van der Waals surface area contributed by atoms with Gasteiger partial charge in [0.15, 0.2) is 5.96 Å². The predicted molar refractivity (Wildman–Crippen MR) is 102 cm³/mol. The van der Waals surface area contributed by atoms with Crippen LogP contribution in [0.2, 0.25) is 0 Å². The number of nitrogens with one attached hydrogen (secondary N) is 2. The monoisotopic (exact) mass is 401 g/mol. The Morgan fingerprint density at radius 3 is 2.48 bits per heavy atom. The summed E-state index contributed by atoms with van der Waals surface area (Å²) in [5.74, 6) is 0.942. The van der Waals surface area contributed by atoms with Crippen LogP contribution >= 0.6 is 24.0 Å². The third-order valence-corrected chi connectivity index (χ3v) is 4.06. The van der Waals surface area contributed by atoms with Gasteiger partial charge in [0.05, 0.1) is 0 Å². The van der Waals surface area contributed by atoms with Crippen molar-refractivity contribution in [2.24, 2.45) is 10.4 Å². The molecule has 0 bridgehead atoms. The van der Waals surface area contributed by atoms with Gasteiger partial charge in [-0.3, -0.25) is 4.99 Å². The first-order chi connectivity index (χ1) is 9.78. The van der Waals surface area contributed by atoms with E-state index >= 15 is 0 Å². The molecular formula is C17H28IN3. The van der Waals surface area contributed by atoms with Crippen LogP contribution in [0.15, 0.2) is 35.3 Å². The molecule has 0 radical (unpaired) electrons. The second kappa shape index (κ2) is 9.28. The summed E-state index contributed by atoms with van der Waals surface area (Å²) in [6, 6.07) is 10.8. The van der Waals surface area contributed by atoms with Gasteiger partial charge in [-0.25, -0.2) is 0 Å². The highest BCUT2D eigenvalue weighted by atomic mass is 127. The van der Waals surface area contributed by atoms with Crippen LogP contribution < -0.4 is 10.6 Å². The molecule has 1 aliphatic rings. The van der Waals surface area contributed by atoms with Crippen LogP contribution in [-0.4, -0.2) is 26.1 Å². The van der Waals surface area contributed by atoms with E-state index in [2.05, 4.69) is 52.9 Å². The van der Waals surface area contributed by atoms with Gasteiger partial charge in [0.2, 0.25) is 0 Å². The van der Waals surface area contributed by atoms with E-state index in [1.54, 1.807) is 0 Å². The molecule has 118 valence electrons. The van der Waals surface area contributed by atoms with Crippen LogP contribution in [0.3, 0.4) is 0 Å². The molecule has 0 spiro atoms. The summed E-state index contributed by atoms with van der Waals surface area (Å²) < 4.78 is 0. The summed E-state index contributed by atoms with van der Waals surface area (Å²) in [5.41, 5.74) is 1.89. The number of aliphatic imine (C=N–C) groups is 1. The topological polar surface area (TPSA) is 36.4 Å². The number of halogens is 1. The van der Waals surface area contributed by atoms with Crippen molar-refractivity contribution in [3.8, 4) is 0 Å². The molecule has 0 saturated heterocycles. The van der Waals surface area contributed by atoms with Crippen LogP contribution in [-0.2, 0) is 6.42 Å². The highest BCUT2D eigenvalue weighted by molar-refractivity contribution is 14.0. The summed E-state index contributed by atoms with van der Waals surface area (Å²) >= 11 is 0. The molecule has 0 aromatic heterocycles. The van der Waals surface area contributed by atoms with Gasteiger partial charge < -0.3 is 10.6 Å². The molecule has 0 atom stereocenters. The van der Waals surface area contributed by atoms with Crippen molar-refractivity contribution >= 4 is 29.9 Å². The summed E-state index contributed by atoms with van der Waals surface area (Å²) in [4.78, 5) is 4.29. The van der Waals surface area contributed by atoms with Gasteiger partial charge in [0.25, 0.3) is 0 Å². The summed E-state index contributed by atoms with van der Waals surface area (Å²) in [7, 11) is 1.85. The first kappa shape index (κ1) is 18.3. The van der Waals surface area contributed by atoms with E-state index < -0.39 is 0 Å². The van der Waals surface area contributed by atoms with Crippen molar-refractivity contribution < 1.29 is 0 Å². The fourth-order valence-corrected chi connectivity index (χ4v) is 2.50. The van der Waals surface area contributed by atoms with E-state index in [0.717, 1.165) is 19.0 Å². The average molecular weight is 401 g/mol. The number of hydrogen-bond acceptors (Lipinski definition) is 1. The summed E-state index contributed by atoms with van der Waals surface area (Å²) in [5, 5.41) is 6.86. The van der Waals surface area contributed by atoms with Gasteiger partial charge in [0, 0.05) is 20.1 Å². The fourth-order valence-electron chi connectivity index (χ4n) is 2.50. The molecule has 2 N–H and O–H groups in total. The number of hydrogen-bond donors (Lipinski definition) is 2. The highest BCUT2D eigenvalue weighted by Gasteiger charge is 2.42. The van der Waals surface area contributed by atoms with Gasteiger partial charge in [-0.1, -0.05) is 43.7 Å². The van der Waals surface area contributed by atoms with Crippen molar-refractivity contribution in [1.82, 2.24) is 10.6 Å². The first-order valence-corrected chi connectivity index (χ1v) is 7.76. The molecule has 1 saturated carbocycles. The maximum absolute atomic E-state index is 4.29. The van der Waals surface area contributed by atoms with Crippen LogP contribution in [0.4, 0.5) is 0 Å². The molecule has 3 nitrogen and oxygen atoms in total. The van der Waals surface area contributed by atoms with Crippen LogP contribution in [0.5, 0.6) is 0 Å². The zero-order valence-corrected chi connectivity index (χ0v) is 15.5. The Labute approximate surface area is 146 Å². The number of unbranched alkanes of at least 4 members (excludes halogenated alkanes) is 1. The Kier molecular flexibility index (Phi) is 8.07. The predicted octanol–water partition coefficient (Wildman–Crippen LogP) is 3.59. The number of rotatable bonds is 7. The van der Waals surface area contributed by atoms with Crippen molar-refractivity contribution in [3.05, 3.63) is 35.9 Å². The Hall–Kier alpha value is -0.780. The Balaban J connectivity index is 0.00000220. The standard InChI is InChI=1S/C17H27N3.HI/c1-3-4-12-19-16(18-2)20-14-17(10-11-17)13-15-8-6-5-7-9-15;/h5-9H,3-4,10-14H2,1-2H3,(H2,18,19,20);1H. The van der Waals surface area contributed by atoms with Crippen molar-refractivity contribution in [2.45, 2.75) is 39.0 Å². The number of guanidine groups is 1. The van der Waals surface area contributed by atoms with Crippen molar-refractivity contribution in [3.63, 3.8) is 0 Å². The normalized spacial score (nSPS) is 16.0. The first-order valence-electron chi connectivity index (χ1n) is 7.76. The van der Waals surface area contributed by atoms with Crippen LogP contribution in [0.25, 0.3) is 0 Å². The zero-order chi connectivity index (χ0) is 14.3. The molecule has 1 aromatic rings. The lowest BCUT2D eigenvalue weighted by Crippen LogP contribution is -2.41. The van der Waals surface area contributed by atoms with E-state index in [1.807, 2.05) is 7.05 Å². The average Bonchev–Trinajstić information content (AvgIpc) is 3.24. The van der Waals surface area contributed by atoms with Gasteiger partial charge in [0.1, 0.15) is 0 Å². The van der Waals surface area contributed by atoms with E-state index in [-0.39, 0.29) is 24.0 Å². The highest BCUT2D eigenvalue weighted by Crippen LogP contribution is 2.47. The maximum Gasteiger partial charge on any atom is 0.190 e. The largest absolute Gasteiger partial charge is 0.356 e. The third-order valence-electron chi connectivity index (χ3n) is 4.06. The lowest BCUT2D eigenvalue weighted by atomic mass is 9.96. The Morgan fingerprint density at radius 2 is 1.90 bits per heavy atom. The SMILES string of the molecule is CCCCNC(=NC)NCC1(Cc2ccccc2)CC1.I. The zero-order valence-electron chi connectivity index (χ0n) is 13.2. The second-order valence-corrected chi connectivity index (χ2v) is 5.87. The minimum Gasteiger partial charge on any atom is -0.356 e. The van der Waals surface area contributed by atoms with Gasteiger partial charge >= 0.3 is 0 Å². The van der Waals surface area contributed by atoms with Gasteiger partial charge in [-0.15, -0.1) is 24.0 Å².